The molecule has 5 nitrogen and oxygen atoms in total. The van der Waals surface area contributed by atoms with Crippen molar-refractivity contribution in [3.63, 3.8) is 0 Å². The lowest BCUT2D eigenvalue weighted by molar-refractivity contribution is 0.0527. The number of rotatable bonds is 2. The van der Waals surface area contributed by atoms with Crippen LogP contribution in [0.3, 0.4) is 0 Å². The number of esters is 1. The second-order valence-electron chi connectivity index (χ2n) is 3.87. The van der Waals surface area contributed by atoms with Crippen LogP contribution in [0.5, 0.6) is 0 Å². The van der Waals surface area contributed by atoms with Gasteiger partial charge in [0.25, 0.3) is 0 Å². The molecule has 5 heteroatoms. The minimum absolute atomic E-state index is 0.239. The Labute approximate surface area is 103 Å². The molecule has 0 aliphatic heterocycles. The largest absolute Gasteiger partial charge is 0.462 e. The van der Waals surface area contributed by atoms with E-state index in [4.69, 9.17) is 14.9 Å². The molecule has 2 rings (SSSR count). The summed E-state index contributed by atoms with van der Waals surface area (Å²) in [6, 6.07) is 4.80. The average molecular weight is 247 g/mol. The molecule has 1 heterocycles. The Morgan fingerprint density at radius 1 is 1.44 bits per heavy atom. The highest BCUT2D eigenvalue weighted by Crippen LogP contribution is 2.22. The summed E-state index contributed by atoms with van der Waals surface area (Å²) in [5.74, 6) is -0.530. The van der Waals surface area contributed by atoms with Gasteiger partial charge in [0.1, 0.15) is 5.58 Å². The molecule has 2 aromatic rings. The number of hydrogen-bond donors (Lipinski definition) is 1. The predicted octanol–water partition coefficient (Wildman–Crippen LogP) is 1.86. The Hall–Kier alpha value is -2.30. The molecule has 0 atom stereocenters. The van der Waals surface area contributed by atoms with Crippen LogP contribution >= 0.6 is 0 Å². The van der Waals surface area contributed by atoms with Gasteiger partial charge in [-0.1, -0.05) is 0 Å². The molecule has 94 valence electrons. The molecule has 0 aliphatic carbocycles. The van der Waals surface area contributed by atoms with Gasteiger partial charge in [0.05, 0.1) is 12.2 Å². The summed E-state index contributed by atoms with van der Waals surface area (Å²) >= 11 is 0. The van der Waals surface area contributed by atoms with Crippen LogP contribution in [0.1, 0.15) is 22.8 Å². The fraction of sp³-hybridized carbons (Fsp3) is 0.231. The molecule has 0 bridgehead atoms. The van der Waals surface area contributed by atoms with E-state index in [1.807, 2.05) is 0 Å². The fourth-order valence-electron chi connectivity index (χ4n) is 1.78. The van der Waals surface area contributed by atoms with E-state index in [9.17, 15) is 9.59 Å². The molecular weight excluding hydrogens is 234 g/mol. The van der Waals surface area contributed by atoms with Gasteiger partial charge in [0, 0.05) is 22.7 Å². The molecule has 18 heavy (non-hydrogen) atoms. The van der Waals surface area contributed by atoms with E-state index < -0.39 is 11.6 Å². The van der Waals surface area contributed by atoms with Crippen molar-refractivity contribution in [2.75, 3.05) is 12.3 Å². The third-order valence-electron chi connectivity index (χ3n) is 2.64. The zero-order chi connectivity index (χ0) is 13.3. The Morgan fingerprint density at radius 3 is 2.83 bits per heavy atom. The van der Waals surface area contributed by atoms with Crippen LogP contribution in [-0.4, -0.2) is 12.6 Å². The van der Waals surface area contributed by atoms with E-state index in [0.29, 0.717) is 11.1 Å². The van der Waals surface area contributed by atoms with Crippen molar-refractivity contribution in [2.24, 2.45) is 0 Å². The summed E-state index contributed by atoms with van der Waals surface area (Å²) in [7, 11) is 0. The maximum absolute atomic E-state index is 11.9. The number of hydrogen-bond acceptors (Lipinski definition) is 5. The van der Waals surface area contributed by atoms with Crippen molar-refractivity contribution in [1.29, 1.82) is 0 Å². The summed E-state index contributed by atoms with van der Waals surface area (Å²) < 4.78 is 10.1. The zero-order valence-corrected chi connectivity index (χ0v) is 10.1. The van der Waals surface area contributed by atoms with E-state index >= 15 is 0 Å². The van der Waals surface area contributed by atoms with Gasteiger partial charge in [-0.15, -0.1) is 0 Å². The number of fused-ring (bicyclic) bond motifs is 1. The lowest BCUT2D eigenvalue weighted by atomic mass is 10.1. The summed E-state index contributed by atoms with van der Waals surface area (Å²) in [6.45, 7) is 3.49. The highest BCUT2D eigenvalue weighted by Gasteiger charge is 2.18. The molecule has 0 spiro atoms. The number of carbonyl (C=O) groups is 1. The molecular formula is C13H13NO4. The smallest absolute Gasteiger partial charge is 0.340 e. The van der Waals surface area contributed by atoms with Crippen molar-refractivity contribution in [3.8, 4) is 0 Å². The van der Waals surface area contributed by atoms with Gasteiger partial charge < -0.3 is 14.9 Å². The van der Waals surface area contributed by atoms with Crippen LogP contribution in [0, 0.1) is 6.92 Å². The molecule has 0 fully saturated rings. The topological polar surface area (TPSA) is 82.5 Å². The van der Waals surface area contributed by atoms with Crippen molar-refractivity contribution in [2.45, 2.75) is 13.8 Å². The summed E-state index contributed by atoms with van der Waals surface area (Å²) in [4.78, 5) is 23.5. The molecule has 0 unspecified atom stereocenters. The van der Waals surface area contributed by atoms with Crippen LogP contribution in [0.2, 0.25) is 0 Å². The number of benzene rings is 1. The third-order valence-corrected chi connectivity index (χ3v) is 2.64. The number of anilines is 1. The quantitative estimate of drug-likeness (QED) is 0.497. The highest BCUT2D eigenvalue weighted by molar-refractivity contribution is 6.04. The molecule has 0 amide bonds. The van der Waals surface area contributed by atoms with Crippen LogP contribution in [0.4, 0.5) is 5.69 Å². The maximum Gasteiger partial charge on any atom is 0.340 e. The summed E-state index contributed by atoms with van der Waals surface area (Å²) in [5, 5.41) is 0.528. The minimum atomic E-state index is -0.559. The Morgan fingerprint density at radius 2 is 2.17 bits per heavy atom. The van der Waals surface area contributed by atoms with E-state index in [-0.39, 0.29) is 23.3 Å². The molecule has 2 N–H and O–H groups in total. The van der Waals surface area contributed by atoms with Crippen LogP contribution in [0.15, 0.2) is 27.4 Å². The molecule has 0 aliphatic rings. The van der Waals surface area contributed by atoms with Crippen LogP contribution < -0.4 is 11.4 Å². The first-order valence-corrected chi connectivity index (χ1v) is 5.54. The summed E-state index contributed by atoms with van der Waals surface area (Å²) in [5.41, 5.74) is 6.29. The van der Waals surface area contributed by atoms with Crippen molar-refractivity contribution in [3.05, 3.63) is 39.7 Å². The second-order valence-corrected chi connectivity index (χ2v) is 3.87. The van der Waals surface area contributed by atoms with Gasteiger partial charge in [-0.25, -0.2) is 9.59 Å². The third kappa shape index (κ3) is 1.95. The lowest BCUT2D eigenvalue weighted by Crippen LogP contribution is -2.14. The molecule has 1 aromatic heterocycles. The molecule has 1 aromatic carbocycles. The standard InChI is InChI=1S/C13H13NO4/c1-3-17-13(16)11-7(2)12(15)18-10-6-8(14)4-5-9(10)11/h4-6H,3,14H2,1-2H3. The molecule has 0 radical (unpaired) electrons. The molecule has 0 saturated heterocycles. The first-order chi connectivity index (χ1) is 8.54. The monoisotopic (exact) mass is 247 g/mol. The van der Waals surface area contributed by atoms with E-state index in [2.05, 4.69) is 0 Å². The van der Waals surface area contributed by atoms with Gasteiger partial charge in [0.2, 0.25) is 0 Å². The maximum atomic E-state index is 11.9. The number of nitrogen functional groups attached to an aromatic ring is 1. The van der Waals surface area contributed by atoms with Crippen molar-refractivity contribution in [1.82, 2.24) is 0 Å². The van der Waals surface area contributed by atoms with Crippen molar-refractivity contribution < 1.29 is 13.9 Å². The zero-order valence-electron chi connectivity index (χ0n) is 10.1. The fourth-order valence-corrected chi connectivity index (χ4v) is 1.78. The van der Waals surface area contributed by atoms with Crippen LogP contribution in [-0.2, 0) is 4.74 Å². The van der Waals surface area contributed by atoms with Gasteiger partial charge in [0.15, 0.2) is 0 Å². The molecule has 0 saturated carbocycles. The Balaban J connectivity index is 2.80. The van der Waals surface area contributed by atoms with Gasteiger partial charge >= 0.3 is 11.6 Å². The normalized spacial score (nSPS) is 10.6. The lowest BCUT2D eigenvalue weighted by Gasteiger charge is -2.08. The van der Waals surface area contributed by atoms with E-state index in [1.165, 1.54) is 13.0 Å². The second kappa shape index (κ2) is 4.52. The SMILES string of the molecule is CCOC(=O)c1c(C)c(=O)oc2cc(N)ccc12. The minimum Gasteiger partial charge on any atom is -0.462 e. The highest BCUT2D eigenvalue weighted by atomic mass is 16.5. The van der Waals surface area contributed by atoms with E-state index in [0.717, 1.165) is 0 Å². The predicted molar refractivity (Wildman–Crippen MR) is 67.6 cm³/mol. The Bertz CT molecular complexity index is 672. The van der Waals surface area contributed by atoms with Gasteiger partial charge in [-0.3, -0.25) is 0 Å². The van der Waals surface area contributed by atoms with Crippen LogP contribution in [0.25, 0.3) is 11.0 Å². The first-order valence-electron chi connectivity index (χ1n) is 5.54. The van der Waals surface area contributed by atoms with Crippen molar-refractivity contribution >= 4 is 22.6 Å². The number of carbonyl (C=O) groups excluding carboxylic acids is 1. The average Bonchev–Trinajstić information content (AvgIpc) is 2.31. The van der Waals surface area contributed by atoms with Gasteiger partial charge in [-0.2, -0.15) is 0 Å². The summed E-state index contributed by atoms with van der Waals surface area (Å²) in [6.07, 6.45) is 0. The van der Waals surface area contributed by atoms with Gasteiger partial charge in [-0.05, 0) is 26.0 Å². The van der Waals surface area contributed by atoms with E-state index in [1.54, 1.807) is 19.1 Å². The number of nitrogens with two attached hydrogens (primary N) is 1. The Kier molecular flexibility index (Phi) is 3.06. The first kappa shape index (κ1) is 12.2. The number of ether oxygens (including phenoxy) is 1.